The molecule has 0 bridgehead atoms. The van der Waals surface area contributed by atoms with Crippen LogP contribution >= 0.6 is 23.2 Å². The smallest absolute Gasteiger partial charge is 0.394 e. The lowest BCUT2D eigenvalue weighted by Gasteiger charge is -2.25. The second-order valence-electron chi connectivity index (χ2n) is 4.39. The number of nitro benzene ring substituents is 1. The maximum atomic E-state index is 11.5. The minimum atomic E-state index is -4.97. The Morgan fingerprint density at radius 3 is 2.25 bits per heavy atom. The molecule has 0 spiro atoms. The molecule has 0 unspecified atom stereocenters. The minimum Gasteiger partial charge on any atom is -0.394 e. The summed E-state index contributed by atoms with van der Waals surface area (Å²) in [6, 6.07) is 3.03. The van der Waals surface area contributed by atoms with E-state index < -0.39 is 44.8 Å². The van der Waals surface area contributed by atoms with Crippen LogP contribution in [0.3, 0.4) is 0 Å². The third kappa shape index (κ3) is 6.19. The number of aliphatic hydroxyl groups excluding tert-OH is 1. The maximum absolute atomic E-state index is 11.5. The van der Waals surface area contributed by atoms with Gasteiger partial charge in [0.2, 0.25) is 0 Å². The van der Waals surface area contributed by atoms with Gasteiger partial charge in [-0.15, -0.1) is 0 Å². The number of carbonyl (C=O) groups is 1. The number of nitrogens with zero attached hydrogens (tertiary/aromatic N) is 1. The summed E-state index contributed by atoms with van der Waals surface area (Å²) in [7, 11) is -4.97. The van der Waals surface area contributed by atoms with Crippen molar-refractivity contribution in [2.24, 2.45) is 0 Å². The highest BCUT2D eigenvalue weighted by molar-refractivity contribution is 7.80. The molecule has 1 amide bonds. The first-order chi connectivity index (χ1) is 11.0. The maximum Gasteiger partial charge on any atom is 0.398 e. The molecule has 0 aromatic heterocycles. The Hall–Kier alpha value is -1.50. The van der Waals surface area contributed by atoms with Crippen molar-refractivity contribution in [2.75, 3.05) is 6.61 Å². The lowest BCUT2D eigenvalue weighted by molar-refractivity contribution is -0.384. The van der Waals surface area contributed by atoms with Crippen molar-refractivity contribution < 1.29 is 32.0 Å². The number of non-ortho nitro benzene ring substituents is 1. The standard InChI is InChI=1S/C11H12Cl2N2O8S/c12-10(13)11(17)14-8(5-16)9(23-24(20,21)22)6-1-3-7(4-2-6)15(18)19/h1-4,8-10,16H,5H2,(H,14,17)(H,20,21,22)/t8-,9-/m1/s1. The molecule has 0 heterocycles. The zero-order chi connectivity index (χ0) is 18.5. The molecule has 13 heteroatoms. The molecule has 0 aliphatic heterocycles. The number of rotatable bonds is 8. The first-order valence-electron chi connectivity index (χ1n) is 6.14. The molecule has 0 saturated carbocycles. The van der Waals surface area contributed by atoms with Crippen molar-refractivity contribution >= 4 is 45.2 Å². The Morgan fingerprint density at radius 1 is 1.33 bits per heavy atom. The van der Waals surface area contributed by atoms with Gasteiger partial charge in [0.15, 0.2) is 4.84 Å². The second-order valence-corrected chi connectivity index (χ2v) is 6.54. The summed E-state index contributed by atoms with van der Waals surface area (Å²) in [6.07, 6.45) is -1.58. The van der Waals surface area contributed by atoms with Crippen molar-refractivity contribution in [2.45, 2.75) is 17.0 Å². The molecule has 0 radical (unpaired) electrons. The topological polar surface area (TPSA) is 156 Å². The number of carbonyl (C=O) groups excluding carboxylic acids is 1. The molecule has 0 aliphatic rings. The van der Waals surface area contributed by atoms with Crippen molar-refractivity contribution in [3.05, 3.63) is 39.9 Å². The fraction of sp³-hybridized carbons (Fsp3) is 0.364. The number of hydrogen-bond donors (Lipinski definition) is 3. The average molecular weight is 403 g/mol. The molecule has 0 aliphatic carbocycles. The molecule has 3 N–H and O–H groups in total. The fourth-order valence-corrected chi connectivity index (χ4v) is 2.37. The van der Waals surface area contributed by atoms with Crippen molar-refractivity contribution in [3.8, 4) is 0 Å². The first kappa shape index (κ1) is 20.5. The van der Waals surface area contributed by atoms with Gasteiger partial charge >= 0.3 is 10.4 Å². The Labute approximate surface area is 146 Å². The van der Waals surface area contributed by atoms with Crippen LogP contribution < -0.4 is 5.32 Å². The highest BCUT2D eigenvalue weighted by Crippen LogP contribution is 2.26. The van der Waals surface area contributed by atoms with Crippen LogP contribution in [-0.4, -0.2) is 46.4 Å². The van der Waals surface area contributed by atoms with E-state index in [2.05, 4.69) is 9.50 Å². The number of alkyl halides is 2. The van der Waals surface area contributed by atoms with Gasteiger partial charge in [0, 0.05) is 12.1 Å². The van der Waals surface area contributed by atoms with Gasteiger partial charge < -0.3 is 10.4 Å². The largest absolute Gasteiger partial charge is 0.398 e. The summed E-state index contributed by atoms with van der Waals surface area (Å²) >= 11 is 10.7. The number of nitro groups is 1. The normalized spacial score (nSPS) is 14.2. The SMILES string of the molecule is O=C(N[C@H](CO)[C@H](OS(=O)(=O)O)c1ccc([N+](=O)[O-])cc1)C(Cl)Cl. The van der Waals surface area contributed by atoms with E-state index in [4.69, 9.17) is 27.8 Å². The quantitative estimate of drug-likeness (QED) is 0.248. The van der Waals surface area contributed by atoms with E-state index in [0.717, 1.165) is 24.3 Å². The van der Waals surface area contributed by atoms with Crippen LogP contribution in [0.2, 0.25) is 0 Å². The Kier molecular flexibility index (Phi) is 7.32. The molecule has 10 nitrogen and oxygen atoms in total. The van der Waals surface area contributed by atoms with Crippen LogP contribution in [0.5, 0.6) is 0 Å². The molecule has 1 aromatic rings. The van der Waals surface area contributed by atoms with Gasteiger partial charge in [-0.2, -0.15) is 8.42 Å². The molecule has 0 saturated heterocycles. The van der Waals surface area contributed by atoms with Gasteiger partial charge in [0.05, 0.1) is 17.6 Å². The molecule has 0 fully saturated rings. The molecular weight excluding hydrogens is 391 g/mol. The summed E-state index contributed by atoms with van der Waals surface area (Å²) in [6.45, 7) is -0.802. The highest BCUT2D eigenvalue weighted by atomic mass is 35.5. The number of hydrogen-bond acceptors (Lipinski definition) is 7. The summed E-state index contributed by atoms with van der Waals surface area (Å²) in [4.78, 5) is 20.0. The van der Waals surface area contributed by atoms with E-state index in [1.54, 1.807) is 0 Å². The molecular formula is C11H12Cl2N2O8S. The van der Waals surface area contributed by atoms with Gasteiger partial charge in [0.25, 0.3) is 11.6 Å². The number of benzene rings is 1. The Bertz CT molecular complexity index is 694. The van der Waals surface area contributed by atoms with Crippen molar-refractivity contribution in [1.29, 1.82) is 0 Å². The number of halogens is 2. The average Bonchev–Trinajstić information content (AvgIpc) is 2.49. The Balaban J connectivity index is 3.18. The molecule has 24 heavy (non-hydrogen) atoms. The van der Waals surface area contributed by atoms with Crippen LogP contribution in [0.4, 0.5) is 5.69 Å². The second kappa shape index (κ2) is 8.55. The van der Waals surface area contributed by atoms with E-state index in [0.29, 0.717) is 0 Å². The first-order valence-corrected chi connectivity index (χ1v) is 8.38. The van der Waals surface area contributed by atoms with Crippen LogP contribution in [0.1, 0.15) is 11.7 Å². The van der Waals surface area contributed by atoms with E-state index in [9.17, 15) is 28.4 Å². The van der Waals surface area contributed by atoms with Gasteiger partial charge in [-0.05, 0) is 17.7 Å². The summed E-state index contributed by atoms with van der Waals surface area (Å²) in [5.41, 5.74) is -0.256. The molecule has 1 rings (SSSR count). The van der Waals surface area contributed by atoms with E-state index in [1.807, 2.05) is 0 Å². The lowest BCUT2D eigenvalue weighted by atomic mass is 10.0. The predicted octanol–water partition coefficient (Wildman–Crippen LogP) is 0.736. The monoisotopic (exact) mass is 402 g/mol. The molecule has 1 aromatic carbocycles. The van der Waals surface area contributed by atoms with E-state index in [1.165, 1.54) is 0 Å². The van der Waals surface area contributed by atoms with Crippen LogP contribution in [0.25, 0.3) is 0 Å². The zero-order valence-corrected chi connectivity index (χ0v) is 14.0. The number of nitrogens with one attached hydrogen (secondary N) is 1. The van der Waals surface area contributed by atoms with Crippen molar-refractivity contribution in [1.82, 2.24) is 5.32 Å². The zero-order valence-electron chi connectivity index (χ0n) is 11.7. The predicted molar refractivity (Wildman–Crippen MR) is 83.0 cm³/mol. The van der Waals surface area contributed by atoms with Gasteiger partial charge in [0.1, 0.15) is 6.10 Å². The van der Waals surface area contributed by atoms with Gasteiger partial charge in [-0.3, -0.25) is 19.5 Å². The van der Waals surface area contributed by atoms with Crippen LogP contribution in [0, 0.1) is 10.1 Å². The van der Waals surface area contributed by atoms with Crippen LogP contribution in [-0.2, 0) is 19.4 Å². The fourth-order valence-electron chi connectivity index (χ4n) is 1.73. The third-order valence-electron chi connectivity index (χ3n) is 2.75. The van der Waals surface area contributed by atoms with E-state index in [-0.39, 0.29) is 11.3 Å². The van der Waals surface area contributed by atoms with Gasteiger partial charge in [-0.25, -0.2) is 4.18 Å². The van der Waals surface area contributed by atoms with Crippen LogP contribution in [0.15, 0.2) is 24.3 Å². The summed E-state index contributed by atoms with van der Waals surface area (Å²) in [5, 5.41) is 22.1. The third-order valence-corrected chi connectivity index (χ3v) is 3.59. The summed E-state index contributed by atoms with van der Waals surface area (Å²) < 4.78 is 35.3. The molecule has 2 atom stereocenters. The minimum absolute atomic E-state index is 0.0262. The number of aliphatic hydroxyl groups is 1. The van der Waals surface area contributed by atoms with Crippen molar-refractivity contribution in [3.63, 3.8) is 0 Å². The summed E-state index contributed by atoms with van der Waals surface area (Å²) in [5.74, 6) is -0.941. The molecule has 134 valence electrons. The van der Waals surface area contributed by atoms with Gasteiger partial charge in [-0.1, -0.05) is 23.2 Å². The Morgan fingerprint density at radius 2 is 1.88 bits per heavy atom. The number of amides is 1. The van der Waals surface area contributed by atoms with E-state index >= 15 is 0 Å². The lowest BCUT2D eigenvalue weighted by Crippen LogP contribution is -2.45. The highest BCUT2D eigenvalue weighted by Gasteiger charge is 2.31.